The van der Waals surface area contributed by atoms with Crippen molar-refractivity contribution in [3.8, 4) is 5.75 Å². The Morgan fingerprint density at radius 2 is 1.81 bits per heavy atom. The zero-order valence-electron chi connectivity index (χ0n) is 14.8. The molecule has 0 spiro atoms. The number of aromatic hydroxyl groups is 1. The average Bonchev–Trinajstić information content (AvgIpc) is 3.36. The van der Waals surface area contributed by atoms with E-state index in [2.05, 4.69) is 10.6 Å². The Kier molecular flexibility index (Phi) is 6.57. The van der Waals surface area contributed by atoms with E-state index in [-0.39, 0.29) is 18.1 Å². The van der Waals surface area contributed by atoms with E-state index in [4.69, 9.17) is 9.84 Å². The molecular weight excluding hydrogens is 340 g/mol. The lowest BCUT2D eigenvalue weighted by Gasteiger charge is -2.19. The van der Waals surface area contributed by atoms with E-state index >= 15 is 0 Å². The number of amides is 2. The molecule has 0 saturated carbocycles. The van der Waals surface area contributed by atoms with Crippen LogP contribution in [-0.2, 0) is 25.5 Å². The summed E-state index contributed by atoms with van der Waals surface area (Å²) >= 11 is 0. The molecule has 0 unspecified atom stereocenters. The predicted molar refractivity (Wildman–Crippen MR) is 92.5 cm³/mol. The number of carbonyl (C=O) groups excluding carboxylic acids is 2. The SMILES string of the molecule is CC(C)CCNC(=O)[C@H](Cc1ccc(O)cc1)NC(=O)[C@H]1O[C@@H]1C(=O)O. The third-order valence-corrected chi connectivity index (χ3v) is 4.02. The molecule has 1 saturated heterocycles. The molecule has 1 aromatic carbocycles. The van der Waals surface area contributed by atoms with Crippen LogP contribution < -0.4 is 10.6 Å². The van der Waals surface area contributed by atoms with E-state index in [1.54, 1.807) is 12.1 Å². The highest BCUT2D eigenvalue weighted by molar-refractivity contribution is 5.95. The van der Waals surface area contributed by atoms with Gasteiger partial charge in [0.05, 0.1) is 0 Å². The number of aliphatic carboxylic acids is 1. The number of hydrogen-bond acceptors (Lipinski definition) is 5. The minimum absolute atomic E-state index is 0.103. The third-order valence-electron chi connectivity index (χ3n) is 4.02. The third kappa shape index (κ3) is 5.73. The second kappa shape index (κ2) is 8.66. The Hall–Kier alpha value is -2.61. The molecule has 142 valence electrons. The van der Waals surface area contributed by atoms with Gasteiger partial charge in [0.1, 0.15) is 11.8 Å². The largest absolute Gasteiger partial charge is 0.508 e. The van der Waals surface area contributed by atoms with Crippen LogP contribution in [0.15, 0.2) is 24.3 Å². The normalized spacial score (nSPS) is 19.7. The molecule has 2 amide bonds. The zero-order chi connectivity index (χ0) is 19.3. The van der Waals surface area contributed by atoms with Crippen molar-refractivity contribution in [3.05, 3.63) is 29.8 Å². The maximum Gasteiger partial charge on any atom is 0.336 e. The molecule has 1 heterocycles. The number of rotatable bonds is 9. The molecule has 2 rings (SSSR count). The summed E-state index contributed by atoms with van der Waals surface area (Å²) in [6.07, 6.45) is -1.21. The summed E-state index contributed by atoms with van der Waals surface area (Å²) in [6.45, 7) is 4.56. The quantitative estimate of drug-likeness (QED) is 0.471. The minimum Gasteiger partial charge on any atom is -0.508 e. The molecule has 1 fully saturated rings. The first kappa shape index (κ1) is 19.7. The van der Waals surface area contributed by atoms with Crippen molar-refractivity contribution in [1.82, 2.24) is 10.6 Å². The highest BCUT2D eigenvalue weighted by Crippen LogP contribution is 2.22. The molecule has 4 N–H and O–H groups in total. The van der Waals surface area contributed by atoms with Gasteiger partial charge < -0.3 is 25.6 Å². The number of nitrogens with one attached hydrogen (secondary N) is 2. The highest BCUT2D eigenvalue weighted by Gasteiger charge is 2.51. The summed E-state index contributed by atoms with van der Waals surface area (Å²) in [6, 6.07) is 5.44. The average molecular weight is 364 g/mol. The molecule has 1 aliphatic rings. The number of carboxylic acid groups (broad SMARTS) is 1. The van der Waals surface area contributed by atoms with Gasteiger partial charge in [-0.25, -0.2) is 4.79 Å². The molecular formula is C18H24N2O6. The van der Waals surface area contributed by atoms with Gasteiger partial charge in [0.25, 0.3) is 5.91 Å². The predicted octanol–water partition coefficient (Wildman–Crippen LogP) is 0.434. The Labute approximate surface area is 151 Å². The Morgan fingerprint density at radius 3 is 2.35 bits per heavy atom. The van der Waals surface area contributed by atoms with E-state index < -0.39 is 30.1 Å². The fraction of sp³-hybridized carbons (Fsp3) is 0.500. The van der Waals surface area contributed by atoms with Crippen molar-refractivity contribution in [3.63, 3.8) is 0 Å². The standard InChI is InChI=1S/C18H24N2O6/c1-10(2)7-8-19-16(22)13(9-11-3-5-12(21)6-4-11)20-17(23)14-15(26-14)18(24)25/h3-6,10,13-15,21H,7-9H2,1-2H3,(H,19,22)(H,20,23)(H,24,25)/t13-,14-,15-/m0/s1. The lowest BCUT2D eigenvalue weighted by Crippen LogP contribution is -2.49. The van der Waals surface area contributed by atoms with Crippen molar-refractivity contribution >= 4 is 17.8 Å². The Morgan fingerprint density at radius 1 is 1.15 bits per heavy atom. The molecule has 0 radical (unpaired) electrons. The van der Waals surface area contributed by atoms with Crippen molar-refractivity contribution in [2.24, 2.45) is 5.92 Å². The zero-order valence-corrected chi connectivity index (χ0v) is 14.8. The number of ether oxygens (including phenoxy) is 1. The van der Waals surface area contributed by atoms with Crippen LogP contribution in [0.3, 0.4) is 0 Å². The fourth-order valence-electron chi connectivity index (χ4n) is 2.44. The van der Waals surface area contributed by atoms with Gasteiger partial charge in [-0.15, -0.1) is 0 Å². The first-order chi connectivity index (χ1) is 12.3. The van der Waals surface area contributed by atoms with Gasteiger partial charge in [-0.3, -0.25) is 9.59 Å². The number of benzene rings is 1. The topological polar surface area (TPSA) is 128 Å². The van der Waals surface area contributed by atoms with Crippen LogP contribution in [0.25, 0.3) is 0 Å². The summed E-state index contributed by atoms with van der Waals surface area (Å²) < 4.78 is 4.82. The summed E-state index contributed by atoms with van der Waals surface area (Å²) in [4.78, 5) is 35.4. The van der Waals surface area contributed by atoms with Crippen LogP contribution in [0.2, 0.25) is 0 Å². The van der Waals surface area contributed by atoms with Crippen molar-refractivity contribution < 1.29 is 29.3 Å². The van der Waals surface area contributed by atoms with E-state index in [0.29, 0.717) is 12.5 Å². The molecule has 1 aromatic rings. The van der Waals surface area contributed by atoms with Gasteiger partial charge in [-0.2, -0.15) is 0 Å². The van der Waals surface area contributed by atoms with Crippen LogP contribution in [0.1, 0.15) is 25.8 Å². The van der Waals surface area contributed by atoms with Gasteiger partial charge >= 0.3 is 5.97 Å². The molecule has 1 aliphatic heterocycles. The number of hydrogen-bond donors (Lipinski definition) is 4. The lowest BCUT2D eigenvalue weighted by molar-refractivity contribution is -0.138. The van der Waals surface area contributed by atoms with Crippen LogP contribution in [0.4, 0.5) is 0 Å². The molecule has 8 heteroatoms. The molecule has 3 atom stereocenters. The van der Waals surface area contributed by atoms with Crippen LogP contribution in [0.5, 0.6) is 5.75 Å². The van der Waals surface area contributed by atoms with Crippen LogP contribution >= 0.6 is 0 Å². The van der Waals surface area contributed by atoms with Gasteiger partial charge in [0, 0.05) is 13.0 Å². The van der Waals surface area contributed by atoms with Crippen molar-refractivity contribution in [2.45, 2.75) is 44.9 Å². The van der Waals surface area contributed by atoms with Crippen molar-refractivity contribution in [1.29, 1.82) is 0 Å². The number of phenolic OH excluding ortho intramolecular Hbond substituents is 1. The van der Waals surface area contributed by atoms with Crippen LogP contribution in [-0.4, -0.2) is 52.8 Å². The summed E-state index contributed by atoms with van der Waals surface area (Å²) in [7, 11) is 0. The Balaban J connectivity index is 2.00. The molecule has 0 aliphatic carbocycles. The first-order valence-corrected chi connectivity index (χ1v) is 8.52. The van der Waals surface area contributed by atoms with Gasteiger partial charge in [0.2, 0.25) is 5.91 Å². The molecule has 0 aromatic heterocycles. The van der Waals surface area contributed by atoms with Crippen LogP contribution in [0, 0.1) is 5.92 Å². The lowest BCUT2D eigenvalue weighted by atomic mass is 10.0. The molecule has 0 bridgehead atoms. The summed E-state index contributed by atoms with van der Waals surface area (Å²) in [5.41, 5.74) is 0.749. The smallest absolute Gasteiger partial charge is 0.336 e. The summed E-state index contributed by atoms with van der Waals surface area (Å²) in [5, 5.41) is 23.5. The van der Waals surface area contributed by atoms with Gasteiger partial charge in [-0.05, 0) is 30.0 Å². The van der Waals surface area contributed by atoms with E-state index in [9.17, 15) is 19.5 Å². The monoisotopic (exact) mass is 364 g/mol. The van der Waals surface area contributed by atoms with Gasteiger partial charge in [0.15, 0.2) is 12.2 Å². The fourth-order valence-corrected chi connectivity index (χ4v) is 2.44. The first-order valence-electron chi connectivity index (χ1n) is 8.52. The highest BCUT2D eigenvalue weighted by atomic mass is 16.6. The Bertz CT molecular complexity index is 658. The van der Waals surface area contributed by atoms with E-state index in [1.165, 1.54) is 12.1 Å². The molecule has 8 nitrogen and oxygen atoms in total. The summed E-state index contributed by atoms with van der Waals surface area (Å²) in [5.74, 6) is -1.65. The van der Waals surface area contributed by atoms with Crippen molar-refractivity contribution in [2.75, 3.05) is 6.54 Å². The number of epoxide rings is 1. The number of carboxylic acids is 1. The van der Waals surface area contributed by atoms with E-state index in [1.807, 2.05) is 13.8 Å². The van der Waals surface area contributed by atoms with E-state index in [0.717, 1.165) is 12.0 Å². The second-order valence-corrected chi connectivity index (χ2v) is 6.72. The number of phenols is 1. The maximum absolute atomic E-state index is 12.5. The number of carbonyl (C=O) groups is 3. The minimum atomic E-state index is -1.21. The second-order valence-electron chi connectivity index (χ2n) is 6.72. The molecule has 26 heavy (non-hydrogen) atoms. The van der Waals surface area contributed by atoms with Gasteiger partial charge in [-0.1, -0.05) is 26.0 Å². The maximum atomic E-state index is 12.5.